The molecule has 82 valence electrons. The van der Waals surface area contributed by atoms with Crippen LogP contribution in [0.25, 0.3) is 0 Å². The topological polar surface area (TPSA) is 62.2 Å². The maximum absolute atomic E-state index is 11.7. The smallest absolute Gasteiger partial charge is 0.251 e. The number of hydrogen-bond acceptors (Lipinski definition) is 3. The Labute approximate surface area is 89.3 Å². The molecule has 1 aromatic rings. The zero-order chi connectivity index (χ0) is 11.3. The second-order valence-electron chi connectivity index (χ2n) is 3.57. The number of carbonyl (C=O) groups excluding carboxylic acids is 1. The van der Waals surface area contributed by atoms with Crippen LogP contribution in [0.3, 0.4) is 0 Å². The zero-order valence-electron chi connectivity index (χ0n) is 9.03. The largest absolute Gasteiger partial charge is 0.396 e. The number of hydrogen-bond donors (Lipinski definition) is 2. The van der Waals surface area contributed by atoms with E-state index in [1.807, 2.05) is 13.8 Å². The van der Waals surface area contributed by atoms with E-state index in [-0.39, 0.29) is 18.6 Å². The third kappa shape index (κ3) is 3.67. The SMILES string of the molecule is Cc1cc(C(=O)NC(C)CCO)ccn1. The molecule has 0 saturated heterocycles. The molecular formula is C11H16N2O2. The van der Waals surface area contributed by atoms with Crippen LogP contribution < -0.4 is 5.32 Å². The van der Waals surface area contributed by atoms with Gasteiger partial charge in [-0.2, -0.15) is 0 Å². The van der Waals surface area contributed by atoms with Gasteiger partial charge >= 0.3 is 0 Å². The molecule has 0 bridgehead atoms. The van der Waals surface area contributed by atoms with Crippen LogP contribution in [0.1, 0.15) is 29.4 Å². The number of amides is 1. The third-order valence-corrected chi connectivity index (χ3v) is 2.10. The van der Waals surface area contributed by atoms with Crippen molar-refractivity contribution in [1.82, 2.24) is 10.3 Å². The molecule has 0 fully saturated rings. The van der Waals surface area contributed by atoms with Gasteiger partial charge < -0.3 is 10.4 Å². The fraction of sp³-hybridized carbons (Fsp3) is 0.455. The van der Waals surface area contributed by atoms with E-state index in [2.05, 4.69) is 10.3 Å². The average molecular weight is 208 g/mol. The number of carbonyl (C=O) groups is 1. The summed E-state index contributed by atoms with van der Waals surface area (Å²) in [7, 11) is 0. The number of rotatable bonds is 4. The van der Waals surface area contributed by atoms with Crippen molar-refractivity contribution in [2.75, 3.05) is 6.61 Å². The first-order chi connectivity index (χ1) is 7.13. The summed E-state index contributed by atoms with van der Waals surface area (Å²) < 4.78 is 0. The highest BCUT2D eigenvalue weighted by Crippen LogP contribution is 2.01. The molecule has 0 aliphatic heterocycles. The molecule has 4 nitrogen and oxygen atoms in total. The molecule has 0 aliphatic carbocycles. The molecule has 1 amide bonds. The van der Waals surface area contributed by atoms with Crippen molar-refractivity contribution >= 4 is 5.91 Å². The van der Waals surface area contributed by atoms with Gasteiger partial charge in [-0.3, -0.25) is 9.78 Å². The van der Waals surface area contributed by atoms with E-state index in [9.17, 15) is 4.79 Å². The predicted octanol–water partition coefficient (Wildman–Crippen LogP) is 0.891. The number of nitrogens with one attached hydrogen (secondary N) is 1. The standard InChI is InChI=1S/C11H16N2O2/c1-8(4-6-14)13-11(15)10-3-5-12-9(2)7-10/h3,5,7-8,14H,4,6H2,1-2H3,(H,13,15). The minimum Gasteiger partial charge on any atom is -0.396 e. The fourth-order valence-corrected chi connectivity index (χ4v) is 1.26. The lowest BCUT2D eigenvalue weighted by Gasteiger charge is -2.12. The van der Waals surface area contributed by atoms with Crippen LogP contribution in [0.2, 0.25) is 0 Å². The summed E-state index contributed by atoms with van der Waals surface area (Å²) in [5.74, 6) is -0.124. The van der Waals surface area contributed by atoms with Crippen LogP contribution in [0.15, 0.2) is 18.3 Å². The van der Waals surface area contributed by atoms with Crippen molar-refractivity contribution in [2.24, 2.45) is 0 Å². The van der Waals surface area contributed by atoms with E-state index >= 15 is 0 Å². The van der Waals surface area contributed by atoms with Crippen LogP contribution in [0.5, 0.6) is 0 Å². The van der Waals surface area contributed by atoms with Gasteiger partial charge in [0.05, 0.1) is 0 Å². The summed E-state index contributed by atoms with van der Waals surface area (Å²) in [6.45, 7) is 3.78. The zero-order valence-corrected chi connectivity index (χ0v) is 9.03. The summed E-state index contributed by atoms with van der Waals surface area (Å²) in [6, 6.07) is 3.39. The Kier molecular flexibility index (Phi) is 4.24. The third-order valence-electron chi connectivity index (χ3n) is 2.10. The van der Waals surface area contributed by atoms with Gasteiger partial charge in [0.1, 0.15) is 0 Å². The van der Waals surface area contributed by atoms with Gasteiger partial charge in [-0.25, -0.2) is 0 Å². The van der Waals surface area contributed by atoms with Crippen molar-refractivity contribution in [3.63, 3.8) is 0 Å². The Morgan fingerprint density at radius 3 is 3.00 bits per heavy atom. The molecule has 1 heterocycles. The number of aryl methyl sites for hydroxylation is 1. The summed E-state index contributed by atoms with van der Waals surface area (Å²) in [5.41, 5.74) is 1.42. The summed E-state index contributed by atoms with van der Waals surface area (Å²) in [4.78, 5) is 15.7. The lowest BCUT2D eigenvalue weighted by Crippen LogP contribution is -2.33. The van der Waals surface area contributed by atoms with Crippen molar-refractivity contribution in [3.05, 3.63) is 29.6 Å². The maximum atomic E-state index is 11.7. The monoisotopic (exact) mass is 208 g/mol. The molecule has 1 unspecified atom stereocenters. The molecular weight excluding hydrogens is 192 g/mol. The van der Waals surface area contributed by atoms with E-state index < -0.39 is 0 Å². The van der Waals surface area contributed by atoms with Gasteiger partial charge in [-0.15, -0.1) is 0 Å². The Morgan fingerprint density at radius 1 is 1.67 bits per heavy atom. The van der Waals surface area contributed by atoms with Gasteiger partial charge in [0, 0.05) is 30.1 Å². The normalized spacial score (nSPS) is 12.2. The van der Waals surface area contributed by atoms with E-state index in [4.69, 9.17) is 5.11 Å². The van der Waals surface area contributed by atoms with Crippen molar-refractivity contribution < 1.29 is 9.90 Å². The first kappa shape index (κ1) is 11.7. The van der Waals surface area contributed by atoms with Crippen LogP contribution in [0, 0.1) is 6.92 Å². The van der Waals surface area contributed by atoms with Crippen LogP contribution >= 0.6 is 0 Å². The van der Waals surface area contributed by atoms with Crippen LogP contribution in [-0.2, 0) is 0 Å². The summed E-state index contributed by atoms with van der Waals surface area (Å²) in [5, 5.41) is 11.5. The molecule has 1 rings (SSSR count). The van der Waals surface area contributed by atoms with Gasteiger partial charge in [-0.1, -0.05) is 0 Å². The summed E-state index contributed by atoms with van der Waals surface area (Å²) >= 11 is 0. The number of nitrogens with zero attached hydrogens (tertiary/aromatic N) is 1. The van der Waals surface area contributed by atoms with Crippen molar-refractivity contribution in [2.45, 2.75) is 26.3 Å². The summed E-state index contributed by atoms with van der Waals surface area (Å²) in [6.07, 6.45) is 2.18. The van der Waals surface area contributed by atoms with Crippen LogP contribution in [-0.4, -0.2) is 28.6 Å². The van der Waals surface area contributed by atoms with Crippen molar-refractivity contribution in [3.8, 4) is 0 Å². The van der Waals surface area contributed by atoms with Gasteiger partial charge in [0.2, 0.25) is 0 Å². The minimum absolute atomic E-state index is 0.0176. The van der Waals surface area contributed by atoms with E-state index in [1.165, 1.54) is 0 Å². The number of aromatic nitrogens is 1. The number of aliphatic hydroxyl groups is 1. The van der Waals surface area contributed by atoms with Crippen molar-refractivity contribution in [1.29, 1.82) is 0 Å². The lowest BCUT2D eigenvalue weighted by atomic mass is 10.2. The van der Waals surface area contributed by atoms with E-state index in [0.29, 0.717) is 12.0 Å². The number of aliphatic hydroxyl groups excluding tert-OH is 1. The minimum atomic E-state index is -0.124. The fourth-order valence-electron chi connectivity index (χ4n) is 1.26. The Bertz CT molecular complexity index is 339. The molecule has 0 spiro atoms. The van der Waals surface area contributed by atoms with Crippen LogP contribution in [0.4, 0.5) is 0 Å². The highest BCUT2D eigenvalue weighted by molar-refractivity contribution is 5.94. The van der Waals surface area contributed by atoms with E-state index in [1.54, 1.807) is 18.3 Å². The second kappa shape index (κ2) is 5.46. The molecule has 1 atom stereocenters. The van der Waals surface area contributed by atoms with E-state index in [0.717, 1.165) is 5.69 Å². The first-order valence-corrected chi connectivity index (χ1v) is 4.98. The highest BCUT2D eigenvalue weighted by atomic mass is 16.3. The molecule has 1 aromatic heterocycles. The van der Waals surface area contributed by atoms with Gasteiger partial charge in [0.15, 0.2) is 0 Å². The van der Waals surface area contributed by atoms with Gasteiger partial charge in [-0.05, 0) is 32.4 Å². The molecule has 0 saturated carbocycles. The Hall–Kier alpha value is -1.42. The Balaban J connectivity index is 2.61. The second-order valence-corrected chi connectivity index (χ2v) is 3.57. The Morgan fingerprint density at radius 2 is 2.40 bits per heavy atom. The predicted molar refractivity (Wildman–Crippen MR) is 57.6 cm³/mol. The number of pyridine rings is 1. The molecule has 0 aliphatic rings. The molecule has 2 N–H and O–H groups in total. The highest BCUT2D eigenvalue weighted by Gasteiger charge is 2.09. The molecule has 15 heavy (non-hydrogen) atoms. The molecule has 0 radical (unpaired) electrons. The first-order valence-electron chi connectivity index (χ1n) is 4.98. The average Bonchev–Trinajstić information content (AvgIpc) is 2.18. The van der Waals surface area contributed by atoms with Gasteiger partial charge in [0.25, 0.3) is 5.91 Å². The maximum Gasteiger partial charge on any atom is 0.251 e. The molecule has 0 aromatic carbocycles. The molecule has 4 heteroatoms. The quantitative estimate of drug-likeness (QED) is 0.772. The lowest BCUT2D eigenvalue weighted by molar-refractivity contribution is 0.0934.